The molecule has 1 aliphatic carbocycles. The fraction of sp³-hybridized carbons (Fsp3) is 1.00. The van der Waals surface area contributed by atoms with Crippen LogP contribution in [-0.2, 0) is 10.8 Å². The minimum atomic E-state index is -0.659. The molecule has 1 N–H and O–H groups in total. The third kappa shape index (κ3) is 6.40. The van der Waals surface area contributed by atoms with Gasteiger partial charge in [-0.1, -0.05) is 47.5 Å². The standard InChI is InChI=1S/C18H37NOS/c1-6-8-9-13-21(20)17-14-15(18(3,4)5)10-11-16(17)19-12-7-2/h15-17,19H,6-14H2,1-5H3. The maximum Gasteiger partial charge on any atom is 0.0504 e. The van der Waals surface area contributed by atoms with E-state index >= 15 is 0 Å². The molecule has 0 amide bonds. The lowest BCUT2D eigenvalue weighted by Gasteiger charge is -2.41. The largest absolute Gasteiger partial charge is 0.313 e. The van der Waals surface area contributed by atoms with Crippen LogP contribution in [0.1, 0.15) is 79.6 Å². The molecule has 0 aromatic carbocycles. The molecule has 4 atom stereocenters. The SMILES string of the molecule is CCCCCS(=O)C1CC(C(C)(C)C)CCC1NCCC. The lowest BCUT2D eigenvalue weighted by atomic mass is 9.71. The molecule has 0 aliphatic heterocycles. The van der Waals surface area contributed by atoms with Crippen LogP contribution in [0.15, 0.2) is 0 Å². The Morgan fingerprint density at radius 3 is 2.38 bits per heavy atom. The van der Waals surface area contributed by atoms with Crippen LogP contribution in [0, 0.1) is 11.3 Å². The topological polar surface area (TPSA) is 29.1 Å². The molecule has 2 nitrogen and oxygen atoms in total. The van der Waals surface area contributed by atoms with E-state index in [9.17, 15) is 4.21 Å². The molecule has 0 saturated heterocycles. The maximum absolute atomic E-state index is 12.8. The molecule has 0 spiro atoms. The maximum atomic E-state index is 12.8. The summed E-state index contributed by atoms with van der Waals surface area (Å²) in [4.78, 5) is 0. The first-order valence-electron chi connectivity index (χ1n) is 9.00. The van der Waals surface area contributed by atoms with E-state index in [-0.39, 0.29) is 0 Å². The van der Waals surface area contributed by atoms with E-state index < -0.39 is 10.8 Å². The van der Waals surface area contributed by atoms with Crippen LogP contribution in [0.2, 0.25) is 0 Å². The van der Waals surface area contributed by atoms with Crippen molar-refractivity contribution >= 4 is 10.8 Å². The highest BCUT2D eigenvalue weighted by Gasteiger charge is 2.38. The predicted molar refractivity (Wildman–Crippen MR) is 95.2 cm³/mol. The number of nitrogens with one attached hydrogen (secondary N) is 1. The van der Waals surface area contributed by atoms with Crippen LogP contribution in [0.3, 0.4) is 0 Å². The van der Waals surface area contributed by atoms with E-state index in [2.05, 4.69) is 39.9 Å². The van der Waals surface area contributed by atoms with Gasteiger partial charge in [0.25, 0.3) is 0 Å². The number of hydrogen-bond donors (Lipinski definition) is 1. The highest BCUT2D eigenvalue weighted by atomic mass is 32.2. The van der Waals surface area contributed by atoms with Gasteiger partial charge in [0.15, 0.2) is 0 Å². The highest BCUT2D eigenvalue weighted by Crippen LogP contribution is 2.39. The smallest absolute Gasteiger partial charge is 0.0504 e. The molecule has 126 valence electrons. The lowest BCUT2D eigenvalue weighted by molar-refractivity contribution is 0.163. The van der Waals surface area contributed by atoms with Gasteiger partial charge in [-0.25, -0.2) is 0 Å². The van der Waals surface area contributed by atoms with Crippen molar-refractivity contribution in [3.05, 3.63) is 0 Å². The molecule has 1 saturated carbocycles. The molecule has 0 aromatic heterocycles. The van der Waals surface area contributed by atoms with Crippen LogP contribution in [0.4, 0.5) is 0 Å². The average molecular weight is 316 g/mol. The van der Waals surface area contributed by atoms with Gasteiger partial charge < -0.3 is 5.32 Å². The fourth-order valence-electron chi connectivity index (χ4n) is 3.42. The third-order valence-electron chi connectivity index (χ3n) is 4.96. The molecule has 4 unspecified atom stereocenters. The molecule has 21 heavy (non-hydrogen) atoms. The Morgan fingerprint density at radius 1 is 1.10 bits per heavy atom. The number of unbranched alkanes of at least 4 members (excludes halogenated alkanes) is 2. The van der Waals surface area contributed by atoms with Crippen molar-refractivity contribution in [2.45, 2.75) is 90.9 Å². The first kappa shape index (κ1) is 19.2. The second kappa shape index (κ2) is 9.29. The van der Waals surface area contributed by atoms with Crippen LogP contribution in [-0.4, -0.2) is 27.8 Å². The average Bonchev–Trinajstić information content (AvgIpc) is 2.44. The first-order chi connectivity index (χ1) is 9.90. The first-order valence-corrected chi connectivity index (χ1v) is 10.4. The van der Waals surface area contributed by atoms with Gasteiger partial charge in [-0.15, -0.1) is 0 Å². The van der Waals surface area contributed by atoms with Crippen molar-refractivity contribution in [2.24, 2.45) is 11.3 Å². The monoisotopic (exact) mass is 315 g/mol. The van der Waals surface area contributed by atoms with Gasteiger partial charge in [-0.05, 0) is 50.0 Å². The van der Waals surface area contributed by atoms with E-state index in [1.165, 1.54) is 25.7 Å². The normalized spacial score (nSPS) is 28.5. The summed E-state index contributed by atoms with van der Waals surface area (Å²) < 4.78 is 12.8. The van der Waals surface area contributed by atoms with Crippen LogP contribution >= 0.6 is 0 Å². The molecule has 1 rings (SSSR count). The summed E-state index contributed by atoms with van der Waals surface area (Å²) in [6.07, 6.45) is 8.34. The van der Waals surface area contributed by atoms with Gasteiger partial charge in [0.1, 0.15) is 0 Å². The molecule has 3 heteroatoms. The Morgan fingerprint density at radius 2 is 1.81 bits per heavy atom. The zero-order valence-electron chi connectivity index (χ0n) is 14.9. The van der Waals surface area contributed by atoms with E-state index in [0.29, 0.717) is 16.7 Å². The van der Waals surface area contributed by atoms with Crippen molar-refractivity contribution < 1.29 is 4.21 Å². The van der Waals surface area contributed by atoms with Gasteiger partial charge in [0.2, 0.25) is 0 Å². The van der Waals surface area contributed by atoms with Crippen LogP contribution in [0.25, 0.3) is 0 Å². The molecule has 0 radical (unpaired) electrons. The van der Waals surface area contributed by atoms with Crippen molar-refractivity contribution in [2.75, 3.05) is 12.3 Å². The Balaban J connectivity index is 2.66. The zero-order chi connectivity index (χ0) is 15.9. The number of rotatable bonds is 8. The molecule has 0 heterocycles. The molecule has 0 aromatic rings. The summed E-state index contributed by atoms with van der Waals surface area (Å²) in [7, 11) is -0.659. The van der Waals surface area contributed by atoms with Gasteiger partial charge in [-0.2, -0.15) is 0 Å². The predicted octanol–water partition coefficient (Wildman–Crippen LogP) is 4.51. The number of hydrogen-bond acceptors (Lipinski definition) is 2. The summed E-state index contributed by atoms with van der Waals surface area (Å²) in [5, 5.41) is 4.04. The van der Waals surface area contributed by atoms with Gasteiger partial charge in [0.05, 0.1) is 5.25 Å². The summed E-state index contributed by atoms with van der Waals surface area (Å²) in [5.41, 5.74) is 0.349. The minimum Gasteiger partial charge on any atom is -0.313 e. The molecule has 1 aliphatic rings. The summed E-state index contributed by atoms with van der Waals surface area (Å²) in [5.74, 6) is 1.62. The van der Waals surface area contributed by atoms with Crippen molar-refractivity contribution in [3.63, 3.8) is 0 Å². The minimum absolute atomic E-state index is 0.349. The van der Waals surface area contributed by atoms with Gasteiger partial charge in [-0.3, -0.25) is 4.21 Å². The van der Waals surface area contributed by atoms with E-state index in [1.54, 1.807) is 0 Å². The third-order valence-corrected chi connectivity index (χ3v) is 6.85. The molecular weight excluding hydrogens is 278 g/mol. The molecule has 1 fully saturated rings. The Labute approximate surface area is 135 Å². The molecular formula is C18H37NOS. The lowest BCUT2D eigenvalue weighted by Crippen LogP contribution is -2.48. The Hall–Kier alpha value is 0.110. The van der Waals surface area contributed by atoms with E-state index in [4.69, 9.17) is 0 Å². The second-order valence-corrected chi connectivity index (χ2v) is 9.54. The summed E-state index contributed by atoms with van der Waals surface area (Å²) in [6, 6.07) is 0.478. The van der Waals surface area contributed by atoms with E-state index in [1.807, 2.05) is 0 Å². The van der Waals surface area contributed by atoms with Crippen molar-refractivity contribution in [3.8, 4) is 0 Å². The van der Waals surface area contributed by atoms with Crippen LogP contribution < -0.4 is 5.32 Å². The Kier molecular flexibility index (Phi) is 8.48. The van der Waals surface area contributed by atoms with Crippen molar-refractivity contribution in [1.29, 1.82) is 0 Å². The Bertz CT molecular complexity index is 311. The highest BCUT2D eigenvalue weighted by molar-refractivity contribution is 7.85. The quantitative estimate of drug-likeness (QED) is 0.668. The fourth-order valence-corrected chi connectivity index (χ4v) is 5.25. The van der Waals surface area contributed by atoms with Gasteiger partial charge >= 0.3 is 0 Å². The van der Waals surface area contributed by atoms with E-state index in [0.717, 1.165) is 37.5 Å². The van der Waals surface area contributed by atoms with Crippen molar-refractivity contribution in [1.82, 2.24) is 5.32 Å². The summed E-state index contributed by atoms with van der Waals surface area (Å²) in [6.45, 7) is 12.5. The second-order valence-electron chi connectivity index (χ2n) is 7.77. The summed E-state index contributed by atoms with van der Waals surface area (Å²) >= 11 is 0. The zero-order valence-corrected chi connectivity index (χ0v) is 15.7. The van der Waals surface area contributed by atoms with Crippen LogP contribution in [0.5, 0.6) is 0 Å². The van der Waals surface area contributed by atoms with Gasteiger partial charge in [0, 0.05) is 22.6 Å². The molecule has 0 bridgehead atoms.